The van der Waals surface area contributed by atoms with Crippen molar-refractivity contribution in [3.05, 3.63) is 29.5 Å². The van der Waals surface area contributed by atoms with Crippen molar-refractivity contribution < 1.29 is 9.47 Å². The molecule has 2 fully saturated rings. The lowest BCUT2D eigenvalue weighted by Crippen LogP contribution is -2.54. The van der Waals surface area contributed by atoms with Gasteiger partial charge in [0.15, 0.2) is 11.0 Å². The van der Waals surface area contributed by atoms with Crippen LogP contribution in [0.2, 0.25) is 5.15 Å². The van der Waals surface area contributed by atoms with Gasteiger partial charge in [0.1, 0.15) is 6.61 Å². The molecule has 4 rings (SSSR count). The van der Waals surface area contributed by atoms with Crippen LogP contribution in [0.5, 0.6) is 5.88 Å². The van der Waals surface area contributed by atoms with Crippen molar-refractivity contribution in [3.8, 4) is 5.88 Å². The second-order valence-corrected chi connectivity index (χ2v) is 7.42. The third-order valence-corrected chi connectivity index (χ3v) is 5.48. The van der Waals surface area contributed by atoms with Crippen LogP contribution < -0.4 is 20.3 Å². The second-order valence-electron chi connectivity index (χ2n) is 7.03. The van der Waals surface area contributed by atoms with E-state index in [1.54, 1.807) is 6.07 Å². The molecule has 150 valence electrons. The summed E-state index contributed by atoms with van der Waals surface area (Å²) in [6.07, 6.45) is 4.08. The summed E-state index contributed by atoms with van der Waals surface area (Å²) >= 11 is 6.03. The van der Waals surface area contributed by atoms with Gasteiger partial charge in [-0.25, -0.2) is 4.98 Å². The van der Waals surface area contributed by atoms with Gasteiger partial charge in [-0.3, -0.25) is 0 Å². The molecule has 2 bridgehead atoms. The van der Waals surface area contributed by atoms with E-state index >= 15 is 0 Å². The van der Waals surface area contributed by atoms with Crippen LogP contribution in [0.4, 0.5) is 17.2 Å². The molecule has 0 aliphatic carbocycles. The zero-order valence-electron chi connectivity index (χ0n) is 15.9. The van der Waals surface area contributed by atoms with Gasteiger partial charge < -0.3 is 25.0 Å². The first-order valence-corrected chi connectivity index (χ1v) is 10.0. The minimum atomic E-state index is 0.363. The van der Waals surface area contributed by atoms with E-state index in [1.165, 1.54) is 0 Å². The molecule has 2 aliphatic heterocycles. The van der Waals surface area contributed by atoms with E-state index in [-0.39, 0.29) is 0 Å². The van der Waals surface area contributed by atoms with E-state index in [4.69, 9.17) is 26.8 Å². The van der Waals surface area contributed by atoms with E-state index in [9.17, 15) is 0 Å². The number of nitrogens with zero attached hydrogens (tertiary/aromatic N) is 5. The van der Waals surface area contributed by atoms with Crippen molar-refractivity contribution in [2.75, 3.05) is 48.4 Å². The number of nitrogen functional groups attached to an aromatic ring is 1. The third kappa shape index (κ3) is 3.93. The van der Waals surface area contributed by atoms with Gasteiger partial charge in [0, 0.05) is 55.8 Å². The molecular formula is C19H25ClN6O2. The molecule has 0 spiro atoms. The third-order valence-electron chi connectivity index (χ3n) is 5.29. The molecule has 0 radical (unpaired) electrons. The zero-order chi connectivity index (χ0) is 19.5. The van der Waals surface area contributed by atoms with Crippen LogP contribution in [-0.2, 0) is 4.74 Å². The van der Waals surface area contributed by atoms with Gasteiger partial charge in [-0.2, -0.15) is 0 Å². The van der Waals surface area contributed by atoms with E-state index in [0.29, 0.717) is 48.8 Å². The van der Waals surface area contributed by atoms with Gasteiger partial charge in [-0.15, -0.1) is 10.2 Å². The van der Waals surface area contributed by atoms with E-state index < -0.39 is 0 Å². The number of rotatable bonds is 7. The number of hydrogen-bond donors (Lipinski definition) is 1. The molecule has 2 saturated heterocycles. The average Bonchev–Trinajstić information content (AvgIpc) is 2.97. The Morgan fingerprint density at radius 1 is 1.18 bits per heavy atom. The quantitative estimate of drug-likeness (QED) is 0.703. The number of anilines is 3. The maximum atomic E-state index is 6.04. The van der Waals surface area contributed by atoms with Crippen LogP contribution >= 0.6 is 11.6 Å². The highest BCUT2D eigenvalue weighted by Crippen LogP contribution is 2.38. The number of piperazine rings is 1. The number of halogens is 1. The predicted molar refractivity (Wildman–Crippen MR) is 109 cm³/mol. The molecule has 28 heavy (non-hydrogen) atoms. The van der Waals surface area contributed by atoms with Crippen molar-refractivity contribution in [1.29, 1.82) is 0 Å². The number of aromatic nitrogens is 3. The van der Waals surface area contributed by atoms with Gasteiger partial charge in [0.05, 0.1) is 12.3 Å². The second kappa shape index (κ2) is 8.36. The number of ether oxygens (including phenoxy) is 2. The van der Waals surface area contributed by atoms with Crippen molar-refractivity contribution in [3.63, 3.8) is 0 Å². The minimum absolute atomic E-state index is 0.363. The summed E-state index contributed by atoms with van der Waals surface area (Å²) in [5.41, 5.74) is 8.06. The van der Waals surface area contributed by atoms with E-state index in [1.807, 2.05) is 19.2 Å². The monoisotopic (exact) mass is 404 g/mol. The maximum Gasteiger partial charge on any atom is 0.215 e. The van der Waals surface area contributed by atoms with Gasteiger partial charge in [0.25, 0.3) is 0 Å². The average molecular weight is 405 g/mol. The lowest BCUT2D eigenvalue weighted by atomic mass is 10.1. The number of nitrogens with two attached hydrogens (primary N) is 1. The fraction of sp³-hybridized carbons (Fsp3) is 0.526. The van der Waals surface area contributed by atoms with E-state index in [0.717, 1.165) is 37.3 Å². The summed E-state index contributed by atoms with van der Waals surface area (Å²) in [5.74, 6) is 1.06. The molecule has 2 aromatic rings. The summed E-state index contributed by atoms with van der Waals surface area (Å²) in [7, 11) is 0. The number of hydrogen-bond acceptors (Lipinski definition) is 8. The lowest BCUT2D eigenvalue weighted by molar-refractivity contribution is 0.108. The largest absolute Gasteiger partial charge is 0.475 e. The van der Waals surface area contributed by atoms with Crippen LogP contribution in [0.25, 0.3) is 0 Å². The smallest absolute Gasteiger partial charge is 0.215 e. The Labute approximate surface area is 169 Å². The molecule has 0 amide bonds. The summed E-state index contributed by atoms with van der Waals surface area (Å²) in [5, 5.41) is 8.14. The van der Waals surface area contributed by atoms with Crippen LogP contribution in [-0.4, -0.2) is 60.2 Å². The Morgan fingerprint density at radius 3 is 2.71 bits per heavy atom. The van der Waals surface area contributed by atoms with Gasteiger partial charge in [0.2, 0.25) is 5.88 Å². The highest BCUT2D eigenvalue weighted by molar-refractivity contribution is 6.29. The summed E-state index contributed by atoms with van der Waals surface area (Å²) in [6.45, 7) is 5.46. The first-order chi connectivity index (χ1) is 13.7. The Morgan fingerprint density at radius 2 is 1.96 bits per heavy atom. The van der Waals surface area contributed by atoms with E-state index in [2.05, 4.69) is 31.0 Å². The number of fused-ring (bicyclic) bond motifs is 2. The predicted octanol–water partition coefficient (Wildman–Crippen LogP) is 2.38. The molecule has 2 unspecified atom stereocenters. The Bertz CT molecular complexity index is 809. The molecule has 4 heterocycles. The lowest BCUT2D eigenvalue weighted by Gasteiger charge is -2.43. The summed E-state index contributed by atoms with van der Waals surface area (Å²) < 4.78 is 11.1. The van der Waals surface area contributed by atoms with Crippen LogP contribution in [0.1, 0.15) is 19.8 Å². The molecule has 0 saturated carbocycles. The van der Waals surface area contributed by atoms with Crippen LogP contribution in [0, 0.1) is 0 Å². The van der Waals surface area contributed by atoms with Gasteiger partial charge in [-0.1, -0.05) is 11.6 Å². The standard InChI is InChI=1S/C19H25ClN6O2/c1-2-27-7-8-28-18-9-13(5-6-22-18)26-14-3-4-15(26)12-25(11-14)16-10-17(20)23-24-19(16)21/h5-6,9-10,14-15H,2-4,7-8,11-12H2,1H3,(H2,21,24). The van der Waals surface area contributed by atoms with Gasteiger partial charge >= 0.3 is 0 Å². The van der Waals surface area contributed by atoms with Crippen LogP contribution in [0.15, 0.2) is 24.4 Å². The first-order valence-electron chi connectivity index (χ1n) is 9.64. The highest BCUT2D eigenvalue weighted by atomic mass is 35.5. The maximum absolute atomic E-state index is 6.04. The zero-order valence-corrected chi connectivity index (χ0v) is 16.7. The van der Waals surface area contributed by atoms with Crippen molar-refractivity contribution in [2.45, 2.75) is 31.8 Å². The van der Waals surface area contributed by atoms with Gasteiger partial charge in [-0.05, 0) is 25.8 Å². The molecule has 8 nitrogen and oxygen atoms in total. The molecule has 9 heteroatoms. The SMILES string of the molecule is CCOCCOc1cc(N2C3CCC2CN(c2cc(Cl)nnc2N)C3)ccn1. The van der Waals surface area contributed by atoms with Crippen molar-refractivity contribution in [2.24, 2.45) is 0 Å². The summed E-state index contributed by atoms with van der Waals surface area (Å²) in [6, 6.07) is 6.66. The Kier molecular flexibility index (Phi) is 5.68. The number of pyridine rings is 1. The minimum Gasteiger partial charge on any atom is -0.475 e. The first kappa shape index (κ1) is 19.0. The topological polar surface area (TPSA) is 89.6 Å². The molecule has 2 aromatic heterocycles. The summed E-state index contributed by atoms with van der Waals surface area (Å²) in [4.78, 5) is 9.08. The molecule has 2 N–H and O–H groups in total. The molecule has 2 aliphatic rings. The van der Waals surface area contributed by atoms with Crippen molar-refractivity contribution in [1.82, 2.24) is 15.2 Å². The normalized spacial score (nSPS) is 21.2. The Balaban J connectivity index is 1.47. The highest BCUT2D eigenvalue weighted by Gasteiger charge is 2.40. The molecular weight excluding hydrogens is 380 g/mol. The fourth-order valence-electron chi connectivity index (χ4n) is 4.13. The fourth-order valence-corrected chi connectivity index (χ4v) is 4.27. The van der Waals surface area contributed by atoms with Crippen LogP contribution in [0.3, 0.4) is 0 Å². The molecule has 0 aromatic carbocycles. The molecule has 2 atom stereocenters. The Hall–Kier alpha value is -2.32. The van der Waals surface area contributed by atoms with Crippen molar-refractivity contribution >= 4 is 28.8 Å².